The number of unbranched alkanes of at least 4 members (excludes halogenated alkanes) is 3. The minimum atomic E-state index is -1.51. The van der Waals surface area contributed by atoms with E-state index in [1.54, 1.807) is 0 Å². The van der Waals surface area contributed by atoms with E-state index in [2.05, 4.69) is 66.9 Å². The standard InChI is InChI=1S/C22H51NO2Si2/c1-10-13-17-23(27(20(4)5,21(6)7)22(8)9)18-15-14-16-19-26(24-11-2)25-12-3/h20-22,26H,10-19H2,1-9H3. The lowest BCUT2D eigenvalue weighted by molar-refractivity contribution is 0.212. The largest absolute Gasteiger partial charge is 0.397 e. The molecule has 0 heterocycles. The monoisotopic (exact) mass is 417 g/mol. The molecule has 0 aromatic heterocycles. The molecule has 0 saturated heterocycles. The van der Waals surface area contributed by atoms with Crippen molar-refractivity contribution in [2.24, 2.45) is 0 Å². The molecule has 0 aliphatic carbocycles. The van der Waals surface area contributed by atoms with Crippen molar-refractivity contribution in [3.8, 4) is 0 Å². The second kappa shape index (κ2) is 15.2. The van der Waals surface area contributed by atoms with Crippen LogP contribution in [0.5, 0.6) is 0 Å². The molecule has 0 aliphatic rings. The zero-order valence-corrected chi connectivity index (χ0v) is 22.3. The van der Waals surface area contributed by atoms with Gasteiger partial charge in [0.1, 0.15) is 8.24 Å². The molecule has 0 fully saturated rings. The lowest BCUT2D eigenvalue weighted by Crippen LogP contribution is -2.60. The van der Waals surface area contributed by atoms with Crippen molar-refractivity contribution >= 4 is 17.5 Å². The maximum atomic E-state index is 5.82. The smallest absolute Gasteiger partial charge is 0.321 e. The Morgan fingerprint density at radius 2 is 1.19 bits per heavy atom. The van der Waals surface area contributed by atoms with Crippen molar-refractivity contribution in [2.45, 2.75) is 117 Å². The van der Waals surface area contributed by atoms with Gasteiger partial charge in [-0.25, -0.2) is 0 Å². The molecule has 0 N–H and O–H groups in total. The van der Waals surface area contributed by atoms with Crippen molar-refractivity contribution in [1.82, 2.24) is 4.57 Å². The van der Waals surface area contributed by atoms with Crippen molar-refractivity contribution in [1.29, 1.82) is 0 Å². The van der Waals surface area contributed by atoms with Crippen molar-refractivity contribution in [3.05, 3.63) is 0 Å². The van der Waals surface area contributed by atoms with Crippen LogP contribution in [0, 0.1) is 0 Å². The van der Waals surface area contributed by atoms with Gasteiger partial charge in [-0.15, -0.1) is 0 Å². The Labute approximate surface area is 174 Å². The van der Waals surface area contributed by atoms with Gasteiger partial charge in [0.2, 0.25) is 0 Å². The first-order chi connectivity index (χ1) is 12.8. The zero-order chi connectivity index (χ0) is 20.9. The van der Waals surface area contributed by atoms with Crippen LogP contribution in [0.25, 0.3) is 0 Å². The molecule has 0 saturated carbocycles. The average Bonchev–Trinajstić information content (AvgIpc) is 2.58. The van der Waals surface area contributed by atoms with E-state index in [1.807, 2.05) is 0 Å². The molecule has 0 amide bonds. The molecule has 0 aliphatic heterocycles. The summed E-state index contributed by atoms with van der Waals surface area (Å²) in [4.78, 5) is 0. The molecular weight excluding hydrogens is 366 g/mol. The van der Waals surface area contributed by atoms with Crippen LogP contribution in [-0.4, -0.2) is 48.4 Å². The van der Waals surface area contributed by atoms with E-state index in [-0.39, 0.29) is 0 Å². The van der Waals surface area contributed by atoms with Crippen LogP contribution in [0.3, 0.4) is 0 Å². The molecule has 0 atom stereocenters. The average molecular weight is 418 g/mol. The van der Waals surface area contributed by atoms with Crippen LogP contribution in [0.1, 0.15) is 94.4 Å². The highest BCUT2D eigenvalue weighted by Crippen LogP contribution is 2.44. The van der Waals surface area contributed by atoms with E-state index >= 15 is 0 Å². The predicted octanol–water partition coefficient (Wildman–Crippen LogP) is 6.73. The van der Waals surface area contributed by atoms with Gasteiger partial charge in [0.05, 0.1) is 0 Å². The normalized spacial score (nSPS) is 13.1. The van der Waals surface area contributed by atoms with E-state index in [9.17, 15) is 0 Å². The van der Waals surface area contributed by atoms with E-state index in [0.29, 0.717) is 0 Å². The highest BCUT2D eigenvalue weighted by molar-refractivity contribution is 6.80. The Kier molecular flexibility index (Phi) is 15.4. The molecular formula is C22H51NO2Si2. The Hall–Kier alpha value is 0.314. The topological polar surface area (TPSA) is 21.7 Å². The molecule has 164 valence electrons. The van der Waals surface area contributed by atoms with E-state index < -0.39 is 17.5 Å². The molecule has 0 radical (unpaired) electrons. The summed E-state index contributed by atoms with van der Waals surface area (Å²) in [6, 6.07) is 1.16. The van der Waals surface area contributed by atoms with Crippen molar-refractivity contribution in [2.75, 3.05) is 26.3 Å². The Balaban J connectivity index is 4.85. The minimum absolute atomic E-state index is 0.799. The fourth-order valence-electron chi connectivity index (χ4n) is 5.32. The molecule has 0 rings (SSSR count). The van der Waals surface area contributed by atoms with Crippen LogP contribution in [0.2, 0.25) is 22.7 Å². The molecule has 0 unspecified atom stereocenters. The molecule has 5 heteroatoms. The highest BCUT2D eigenvalue weighted by atomic mass is 28.3. The summed E-state index contributed by atoms with van der Waals surface area (Å²) >= 11 is 0. The van der Waals surface area contributed by atoms with Crippen LogP contribution in [0.15, 0.2) is 0 Å². The van der Waals surface area contributed by atoms with Gasteiger partial charge in [-0.2, -0.15) is 0 Å². The van der Waals surface area contributed by atoms with Gasteiger partial charge in [-0.05, 0) is 62.4 Å². The summed E-state index contributed by atoms with van der Waals surface area (Å²) < 4.78 is 14.6. The lowest BCUT2D eigenvalue weighted by Gasteiger charge is -2.51. The first-order valence-electron chi connectivity index (χ1n) is 11.8. The van der Waals surface area contributed by atoms with Crippen molar-refractivity contribution in [3.63, 3.8) is 0 Å². The highest BCUT2D eigenvalue weighted by Gasteiger charge is 2.47. The number of hydrogen-bond acceptors (Lipinski definition) is 3. The second-order valence-electron chi connectivity index (χ2n) is 8.88. The summed E-state index contributed by atoms with van der Waals surface area (Å²) in [5, 5.41) is 0. The summed E-state index contributed by atoms with van der Waals surface area (Å²) in [7, 11) is -2.92. The summed E-state index contributed by atoms with van der Waals surface area (Å²) in [6.07, 6.45) is 6.53. The maximum absolute atomic E-state index is 5.82. The van der Waals surface area contributed by atoms with Gasteiger partial charge < -0.3 is 13.4 Å². The van der Waals surface area contributed by atoms with Gasteiger partial charge in [0.15, 0.2) is 0 Å². The van der Waals surface area contributed by atoms with E-state index in [4.69, 9.17) is 8.85 Å². The Morgan fingerprint density at radius 1 is 0.704 bits per heavy atom. The van der Waals surface area contributed by atoms with Gasteiger partial charge in [0, 0.05) is 13.2 Å². The second-order valence-corrected chi connectivity index (χ2v) is 16.9. The Bertz CT molecular complexity index is 323. The molecule has 0 spiro atoms. The van der Waals surface area contributed by atoms with E-state index in [0.717, 1.165) is 35.9 Å². The predicted molar refractivity (Wildman–Crippen MR) is 127 cm³/mol. The third-order valence-corrected chi connectivity index (χ3v) is 15.6. The fourth-order valence-corrected chi connectivity index (χ4v) is 14.4. The SMILES string of the molecule is CCCCN(CCCCC[SiH](OCC)OCC)[Si](C(C)C)(C(C)C)C(C)C. The summed E-state index contributed by atoms with van der Waals surface area (Å²) in [6.45, 7) is 25.6. The van der Waals surface area contributed by atoms with Gasteiger partial charge >= 0.3 is 9.28 Å². The van der Waals surface area contributed by atoms with Crippen molar-refractivity contribution < 1.29 is 8.85 Å². The third-order valence-electron chi connectivity index (χ3n) is 6.18. The number of rotatable bonds is 17. The quantitative estimate of drug-likeness (QED) is 0.193. The lowest BCUT2D eigenvalue weighted by atomic mass is 10.2. The first kappa shape index (κ1) is 27.3. The fraction of sp³-hybridized carbons (Fsp3) is 1.00. The summed E-state index contributed by atoms with van der Waals surface area (Å²) in [5.74, 6) is 0. The van der Waals surface area contributed by atoms with Crippen LogP contribution < -0.4 is 0 Å². The summed E-state index contributed by atoms with van der Waals surface area (Å²) in [5.41, 5.74) is 2.42. The maximum Gasteiger partial charge on any atom is 0.321 e. The number of hydrogen-bond donors (Lipinski definition) is 0. The van der Waals surface area contributed by atoms with E-state index in [1.165, 1.54) is 45.2 Å². The van der Waals surface area contributed by atoms with Gasteiger partial charge in [-0.3, -0.25) is 0 Å². The van der Waals surface area contributed by atoms with Gasteiger partial charge in [0.25, 0.3) is 0 Å². The van der Waals surface area contributed by atoms with Gasteiger partial charge in [-0.1, -0.05) is 67.7 Å². The zero-order valence-electron chi connectivity index (χ0n) is 20.1. The molecule has 0 bridgehead atoms. The molecule has 0 aromatic carbocycles. The molecule has 3 nitrogen and oxygen atoms in total. The third kappa shape index (κ3) is 8.69. The Morgan fingerprint density at radius 3 is 1.59 bits per heavy atom. The molecule has 0 aromatic rings. The van der Waals surface area contributed by atoms with Crippen LogP contribution in [0.4, 0.5) is 0 Å². The van der Waals surface area contributed by atoms with Crippen LogP contribution in [-0.2, 0) is 8.85 Å². The molecule has 27 heavy (non-hydrogen) atoms. The van der Waals surface area contributed by atoms with Crippen LogP contribution >= 0.6 is 0 Å². The first-order valence-corrected chi connectivity index (χ1v) is 15.7. The number of nitrogens with zero attached hydrogens (tertiary/aromatic N) is 1. The minimum Gasteiger partial charge on any atom is -0.397 e.